The van der Waals surface area contributed by atoms with Crippen LogP contribution in [0, 0.1) is 0 Å². The Labute approximate surface area is 144 Å². The number of morpholine rings is 1. The van der Waals surface area contributed by atoms with Gasteiger partial charge in [0, 0.05) is 38.9 Å². The quantitative estimate of drug-likeness (QED) is 0.920. The van der Waals surface area contributed by atoms with Gasteiger partial charge in [0.1, 0.15) is 5.82 Å². The Balaban J connectivity index is 1.48. The van der Waals surface area contributed by atoms with Gasteiger partial charge in [-0.25, -0.2) is 9.78 Å². The van der Waals surface area contributed by atoms with E-state index in [-0.39, 0.29) is 12.1 Å². The van der Waals surface area contributed by atoms with Crippen molar-refractivity contribution in [2.24, 2.45) is 0 Å². The van der Waals surface area contributed by atoms with Gasteiger partial charge in [-0.05, 0) is 37.3 Å². The fourth-order valence-electron chi connectivity index (χ4n) is 3.27. The topological polar surface area (TPSA) is 57.7 Å². The van der Waals surface area contributed by atoms with Crippen molar-refractivity contribution in [1.29, 1.82) is 0 Å². The summed E-state index contributed by atoms with van der Waals surface area (Å²) < 4.78 is 5.60. The van der Waals surface area contributed by atoms with Gasteiger partial charge in [-0.1, -0.05) is 13.0 Å². The van der Waals surface area contributed by atoms with E-state index in [9.17, 15) is 4.79 Å². The summed E-state index contributed by atoms with van der Waals surface area (Å²) in [5.74, 6) is 1.05. The molecule has 3 rings (SSSR count). The van der Waals surface area contributed by atoms with Crippen LogP contribution >= 0.6 is 0 Å². The third kappa shape index (κ3) is 4.38. The van der Waals surface area contributed by atoms with E-state index in [1.54, 1.807) is 0 Å². The molecule has 0 spiro atoms. The maximum atomic E-state index is 12.3. The number of ether oxygens (including phenoxy) is 1. The van der Waals surface area contributed by atoms with Crippen molar-refractivity contribution in [3.8, 4) is 0 Å². The summed E-state index contributed by atoms with van der Waals surface area (Å²) in [6.45, 7) is 6.75. The van der Waals surface area contributed by atoms with E-state index in [2.05, 4.69) is 34.3 Å². The summed E-state index contributed by atoms with van der Waals surface area (Å²) in [6.07, 6.45) is 6.79. The van der Waals surface area contributed by atoms with Crippen molar-refractivity contribution in [3.63, 3.8) is 0 Å². The number of hydrogen-bond donors (Lipinski definition) is 1. The highest BCUT2D eigenvalue weighted by Gasteiger charge is 2.22. The van der Waals surface area contributed by atoms with Crippen LogP contribution in [0.2, 0.25) is 0 Å². The molecule has 1 aromatic rings. The molecule has 24 heavy (non-hydrogen) atoms. The molecule has 6 nitrogen and oxygen atoms in total. The number of nitrogens with one attached hydrogen (secondary N) is 1. The normalized spacial score (nSPS) is 21.6. The van der Waals surface area contributed by atoms with Crippen molar-refractivity contribution in [2.75, 3.05) is 37.7 Å². The first-order chi connectivity index (χ1) is 11.8. The highest BCUT2D eigenvalue weighted by molar-refractivity contribution is 5.74. The van der Waals surface area contributed by atoms with Gasteiger partial charge in [0.05, 0.1) is 12.7 Å². The Bertz CT molecular complexity index is 528. The minimum atomic E-state index is -0.0168. The van der Waals surface area contributed by atoms with Crippen LogP contribution in [0.25, 0.3) is 0 Å². The number of urea groups is 1. The fourth-order valence-corrected chi connectivity index (χ4v) is 3.27. The van der Waals surface area contributed by atoms with Gasteiger partial charge in [-0.3, -0.25) is 0 Å². The van der Waals surface area contributed by atoms with Crippen molar-refractivity contribution in [3.05, 3.63) is 23.9 Å². The average Bonchev–Trinajstić information content (AvgIpc) is 2.67. The second-order valence-electron chi connectivity index (χ2n) is 6.58. The van der Waals surface area contributed by atoms with Gasteiger partial charge in [0.2, 0.25) is 0 Å². The van der Waals surface area contributed by atoms with E-state index >= 15 is 0 Å². The van der Waals surface area contributed by atoms with Crippen molar-refractivity contribution >= 4 is 11.8 Å². The molecule has 3 heterocycles. The number of hydrogen-bond acceptors (Lipinski definition) is 4. The molecular weight excluding hydrogens is 304 g/mol. The molecule has 2 aliphatic rings. The summed E-state index contributed by atoms with van der Waals surface area (Å²) in [4.78, 5) is 21.0. The summed E-state index contributed by atoms with van der Waals surface area (Å²) in [6, 6.07) is 4.11. The van der Waals surface area contributed by atoms with Gasteiger partial charge in [0.15, 0.2) is 0 Å². The largest absolute Gasteiger partial charge is 0.375 e. The van der Waals surface area contributed by atoms with Gasteiger partial charge >= 0.3 is 6.03 Å². The molecule has 2 aliphatic heterocycles. The lowest BCUT2D eigenvalue weighted by atomic mass is 10.1. The van der Waals surface area contributed by atoms with Gasteiger partial charge in [-0.2, -0.15) is 0 Å². The molecule has 2 saturated heterocycles. The SMILES string of the molecule is CC[C@@H]1CN(C(=O)NCc2ccc(N3CCCCC3)nc2)CCO1. The molecular formula is C18H28N4O2. The van der Waals surface area contributed by atoms with Crippen LogP contribution in [0.15, 0.2) is 18.3 Å². The first-order valence-corrected chi connectivity index (χ1v) is 9.10. The molecule has 0 unspecified atom stereocenters. The van der Waals surface area contributed by atoms with E-state index in [0.29, 0.717) is 26.2 Å². The number of rotatable bonds is 4. The number of aromatic nitrogens is 1. The average molecular weight is 332 g/mol. The first kappa shape index (κ1) is 17.0. The molecule has 0 bridgehead atoms. The highest BCUT2D eigenvalue weighted by atomic mass is 16.5. The van der Waals surface area contributed by atoms with Crippen LogP contribution in [-0.2, 0) is 11.3 Å². The Morgan fingerprint density at radius 1 is 1.29 bits per heavy atom. The van der Waals surface area contributed by atoms with E-state index in [0.717, 1.165) is 30.9 Å². The van der Waals surface area contributed by atoms with E-state index < -0.39 is 0 Å². The van der Waals surface area contributed by atoms with Crippen LogP contribution in [-0.4, -0.2) is 54.8 Å². The number of anilines is 1. The van der Waals surface area contributed by atoms with Crippen LogP contribution in [0.1, 0.15) is 38.2 Å². The smallest absolute Gasteiger partial charge is 0.317 e. The van der Waals surface area contributed by atoms with Crippen molar-refractivity contribution in [2.45, 2.75) is 45.3 Å². The van der Waals surface area contributed by atoms with E-state index in [1.165, 1.54) is 19.3 Å². The zero-order chi connectivity index (χ0) is 16.8. The molecule has 1 N–H and O–H groups in total. The van der Waals surface area contributed by atoms with Gasteiger partial charge in [-0.15, -0.1) is 0 Å². The highest BCUT2D eigenvalue weighted by Crippen LogP contribution is 2.17. The third-order valence-electron chi connectivity index (χ3n) is 4.81. The number of carbonyl (C=O) groups is 1. The Kier molecular flexibility index (Phi) is 5.91. The minimum Gasteiger partial charge on any atom is -0.375 e. The zero-order valence-electron chi connectivity index (χ0n) is 14.5. The Morgan fingerprint density at radius 2 is 2.12 bits per heavy atom. The van der Waals surface area contributed by atoms with Crippen LogP contribution in [0.5, 0.6) is 0 Å². The van der Waals surface area contributed by atoms with Crippen LogP contribution in [0.3, 0.4) is 0 Å². The Hall–Kier alpha value is -1.82. The predicted octanol–water partition coefficient (Wildman–Crippen LogP) is 2.39. The van der Waals surface area contributed by atoms with E-state index in [1.807, 2.05) is 11.1 Å². The summed E-state index contributed by atoms with van der Waals surface area (Å²) in [7, 11) is 0. The summed E-state index contributed by atoms with van der Waals surface area (Å²) >= 11 is 0. The lowest BCUT2D eigenvalue weighted by molar-refractivity contribution is -0.0154. The lowest BCUT2D eigenvalue weighted by Crippen LogP contribution is -2.49. The predicted molar refractivity (Wildman–Crippen MR) is 94.1 cm³/mol. The first-order valence-electron chi connectivity index (χ1n) is 9.10. The minimum absolute atomic E-state index is 0.0168. The number of pyridine rings is 1. The molecule has 0 radical (unpaired) electrons. The summed E-state index contributed by atoms with van der Waals surface area (Å²) in [5.41, 5.74) is 1.03. The monoisotopic (exact) mass is 332 g/mol. The van der Waals surface area contributed by atoms with Crippen molar-refractivity contribution in [1.82, 2.24) is 15.2 Å². The Morgan fingerprint density at radius 3 is 2.83 bits per heavy atom. The number of carbonyl (C=O) groups excluding carboxylic acids is 1. The maximum absolute atomic E-state index is 12.3. The molecule has 1 aromatic heterocycles. The second-order valence-corrected chi connectivity index (χ2v) is 6.58. The van der Waals surface area contributed by atoms with Gasteiger partial charge < -0.3 is 19.9 Å². The number of amides is 2. The summed E-state index contributed by atoms with van der Waals surface area (Å²) in [5, 5.41) is 2.99. The van der Waals surface area contributed by atoms with Crippen molar-refractivity contribution < 1.29 is 9.53 Å². The lowest BCUT2D eigenvalue weighted by Gasteiger charge is -2.32. The fraction of sp³-hybridized carbons (Fsp3) is 0.667. The molecule has 0 aromatic carbocycles. The van der Waals surface area contributed by atoms with Crippen LogP contribution < -0.4 is 10.2 Å². The number of piperidine rings is 1. The second kappa shape index (κ2) is 8.33. The molecule has 132 valence electrons. The molecule has 2 fully saturated rings. The molecule has 1 atom stereocenters. The zero-order valence-corrected chi connectivity index (χ0v) is 14.5. The maximum Gasteiger partial charge on any atom is 0.317 e. The number of nitrogens with zero attached hydrogens (tertiary/aromatic N) is 3. The molecule has 6 heteroatoms. The molecule has 2 amide bonds. The molecule has 0 aliphatic carbocycles. The standard InChI is InChI=1S/C18H28N4O2/c1-2-16-14-22(10-11-24-16)18(23)20-13-15-6-7-17(19-12-15)21-8-4-3-5-9-21/h6-7,12,16H,2-5,8-11,13-14H2,1H3,(H,20,23)/t16-/m1/s1. The molecule has 0 saturated carbocycles. The van der Waals surface area contributed by atoms with Gasteiger partial charge in [0.25, 0.3) is 0 Å². The third-order valence-corrected chi connectivity index (χ3v) is 4.81. The van der Waals surface area contributed by atoms with Crippen LogP contribution in [0.4, 0.5) is 10.6 Å². The van der Waals surface area contributed by atoms with E-state index in [4.69, 9.17) is 4.74 Å².